The van der Waals surface area contributed by atoms with E-state index in [0.29, 0.717) is 5.02 Å². The highest BCUT2D eigenvalue weighted by Gasteiger charge is 2.16. The maximum Gasteiger partial charge on any atom is 0.0753 e. The molecule has 1 N–H and O–H groups in total. The van der Waals surface area contributed by atoms with Gasteiger partial charge >= 0.3 is 0 Å². The Morgan fingerprint density at radius 1 is 1.14 bits per heavy atom. The van der Waals surface area contributed by atoms with E-state index in [2.05, 4.69) is 56.6 Å². The standard InChI is InChI=1S/C17H14BrClN2/c1-20-16(12-8-13(18)10-14(19)9-12)15-6-2-4-11-5-3-7-21-17(11)15/h2-10,16,20H,1H3. The maximum atomic E-state index is 6.18. The lowest BCUT2D eigenvalue weighted by atomic mass is 9.96. The van der Waals surface area contributed by atoms with E-state index in [4.69, 9.17) is 11.6 Å². The second-order valence-electron chi connectivity index (χ2n) is 4.85. The van der Waals surface area contributed by atoms with Crippen LogP contribution >= 0.6 is 27.5 Å². The number of hydrogen-bond acceptors (Lipinski definition) is 2. The molecule has 0 aliphatic carbocycles. The zero-order valence-corrected chi connectivity index (χ0v) is 13.8. The van der Waals surface area contributed by atoms with Crippen molar-refractivity contribution in [2.75, 3.05) is 7.05 Å². The lowest BCUT2D eigenvalue weighted by Crippen LogP contribution is -2.18. The summed E-state index contributed by atoms with van der Waals surface area (Å²) in [7, 11) is 1.95. The molecule has 0 radical (unpaired) electrons. The molecule has 0 saturated carbocycles. The number of hydrogen-bond donors (Lipinski definition) is 1. The molecule has 4 heteroatoms. The van der Waals surface area contributed by atoms with Gasteiger partial charge < -0.3 is 5.32 Å². The minimum absolute atomic E-state index is 0.0404. The number of pyridine rings is 1. The lowest BCUT2D eigenvalue weighted by Gasteiger charge is -2.19. The third-order valence-corrected chi connectivity index (χ3v) is 4.16. The van der Waals surface area contributed by atoms with Crippen molar-refractivity contribution in [2.45, 2.75) is 6.04 Å². The fraction of sp³-hybridized carbons (Fsp3) is 0.118. The smallest absolute Gasteiger partial charge is 0.0753 e. The molecule has 2 aromatic carbocycles. The van der Waals surface area contributed by atoms with Crippen molar-refractivity contribution in [3.8, 4) is 0 Å². The first-order chi connectivity index (χ1) is 10.2. The van der Waals surface area contributed by atoms with Crippen LogP contribution in [-0.2, 0) is 0 Å². The van der Waals surface area contributed by atoms with Crippen LogP contribution in [0.2, 0.25) is 5.02 Å². The molecule has 1 unspecified atom stereocenters. The van der Waals surface area contributed by atoms with Gasteiger partial charge in [-0.15, -0.1) is 0 Å². The maximum absolute atomic E-state index is 6.18. The molecule has 2 nitrogen and oxygen atoms in total. The van der Waals surface area contributed by atoms with Gasteiger partial charge in [-0.1, -0.05) is 51.8 Å². The highest BCUT2D eigenvalue weighted by molar-refractivity contribution is 9.10. The Morgan fingerprint density at radius 2 is 1.95 bits per heavy atom. The molecule has 3 aromatic rings. The van der Waals surface area contributed by atoms with Crippen LogP contribution in [0.25, 0.3) is 10.9 Å². The minimum Gasteiger partial charge on any atom is -0.309 e. The van der Waals surface area contributed by atoms with Crippen molar-refractivity contribution in [3.05, 3.63) is 75.4 Å². The van der Waals surface area contributed by atoms with E-state index in [9.17, 15) is 0 Å². The molecule has 0 amide bonds. The number of aromatic nitrogens is 1. The van der Waals surface area contributed by atoms with Crippen LogP contribution in [0.5, 0.6) is 0 Å². The minimum atomic E-state index is 0.0404. The van der Waals surface area contributed by atoms with Gasteiger partial charge in [-0.3, -0.25) is 4.98 Å². The number of fused-ring (bicyclic) bond motifs is 1. The normalized spacial score (nSPS) is 12.5. The topological polar surface area (TPSA) is 24.9 Å². The van der Waals surface area contributed by atoms with Crippen LogP contribution in [0.15, 0.2) is 59.2 Å². The number of nitrogens with one attached hydrogen (secondary N) is 1. The van der Waals surface area contributed by atoms with Crippen LogP contribution in [0.1, 0.15) is 17.2 Å². The molecule has 0 fully saturated rings. The summed E-state index contributed by atoms with van der Waals surface area (Å²) in [6.07, 6.45) is 1.83. The van der Waals surface area contributed by atoms with Crippen molar-refractivity contribution in [1.82, 2.24) is 10.3 Å². The van der Waals surface area contributed by atoms with E-state index in [1.165, 1.54) is 0 Å². The highest BCUT2D eigenvalue weighted by Crippen LogP contribution is 2.30. The van der Waals surface area contributed by atoms with E-state index >= 15 is 0 Å². The predicted molar refractivity (Wildman–Crippen MR) is 91.8 cm³/mol. The molecule has 0 bridgehead atoms. The van der Waals surface area contributed by atoms with Gasteiger partial charge in [-0.2, -0.15) is 0 Å². The quantitative estimate of drug-likeness (QED) is 0.713. The molecule has 0 aliphatic heterocycles. The van der Waals surface area contributed by atoms with Gasteiger partial charge in [0.15, 0.2) is 0 Å². The molecule has 106 valence electrons. The summed E-state index contributed by atoms with van der Waals surface area (Å²) >= 11 is 9.69. The first-order valence-electron chi connectivity index (χ1n) is 6.66. The molecule has 3 rings (SSSR count). The van der Waals surface area contributed by atoms with Gasteiger partial charge in [-0.05, 0) is 42.4 Å². The fourth-order valence-corrected chi connectivity index (χ4v) is 3.49. The molecule has 1 atom stereocenters. The van der Waals surface area contributed by atoms with Gasteiger partial charge in [0, 0.05) is 21.1 Å². The van der Waals surface area contributed by atoms with E-state index in [1.54, 1.807) is 0 Å². The van der Waals surface area contributed by atoms with Gasteiger partial charge in [0.2, 0.25) is 0 Å². The van der Waals surface area contributed by atoms with Gasteiger partial charge in [0.1, 0.15) is 0 Å². The van der Waals surface area contributed by atoms with Crippen LogP contribution in [-0.4, -0.2) is 12.0 Å². The predicted octanol–water partition coefficient (Wildman–Crippen LogP) is 4.96. The molecule has 1 heterocycles. The van der Waals surface area contributed by atoms with E-state index in [1.807, 2.05) is 31.4 Å². The largest absolute Gasteiger partial charge is 0.309 e. The van der Waals surface area contributed by atoms with Gasteiger partial charge in [-0.25, -0.2) is 0 Å². The molecule has 0 spiro atoms. The number of nitrogens with zero attached hydrogens (tertiary/aromatic N) is 1. The first-order valence-corrected chi connectivity index (χ1v) is 7.83. The molecule has 0 saturated heterocycles. The third-order valence-electron chi connectivity index (χ3n) is 3.48. The van der Waals surface area contributed by atoms with E-state index in [0.717, 1.165) is 26.5 Å². The van der Waals surface area contributed by atoms with Crippen LogP contribution in [0, 0.1) is 0 Å². The molecular weight excluding hydrogens is 348 g/mol. The number of benzene rings is 2. The zero-order valence-electron chi connectivity index (χ0n) is 11.5. The Labute approximate surface area is 137 Å². The van der Waals surface area contributed by atoms with E-state index < -0.39 is 0 Å². The fourth-order valence-electron chi connectivity index (χ4n) is 2.60. The summed E-state index contributed by atoms with van der Waals surface area (Å²) in [5.74, 6) is 0. The van der Waals surface area contributed by atoms with Crippen molar-refractivity contribution >= 4 is 38.4 Å². The highest BCUT2D eigenvalue weighted by atomic mass is 79.9. The van der Waals surface area contributed by atoms with Gasteiger partial charge in [0.05, 0.1) is 11.6 Å². The second kappa shape index (κ2) is 6.14. The van der Waals surface area contributed by atoms with Crippen molar-refractivity contribution in [3.63, 3.8) is 0 Å². The summed E-state index contributed by atoms with van der Waals surface area (Å²) in [6, 6.07) is 16.3. The van der Waals surface area contributed by atoms with Gasteiger partial charge in [0.25, 0.3) is 0 Å². The average Bonchev–Trinajstić information content (AvgIpc) is 2.47. The summed E-state index contributed by atoms with van der Waals surface area (Å²) in [5, 5.41) is 5.21. The number of halogens is 2. The Morgan fingerprint density at radius 3 is 2.71 bits per heavy atom. The molecule has 21 heavy (non-hydrogen) atoms. The molecular formula is C17H14BrClN2. The van der Waals surface area contributed by atoms with E-state index in [-0.39, 0.29) is 6.04 Å². The average molecular weight is 362 g/mol. The van der Waals surface area contributed by atoms with Crippen LogP contribution in [0.3, 0.4) is 0 Å². The molecule has 0 aliphatic rings. The Bertz CT molecular complexity index is 763. The monoisotopic (exact) mass is 360 g/mol. The summed E-state index contributed by atoms with van der Waals surface area (Å²) in [4.78, 5) is 4.54. The number of para-hydroxylation sites is 1. The number of rotatable bonds is 3. The Balaban J connectivity index is 2.18. The summed E-state index contributed by atoms with van der Waals surface area (Å²) < 4.78 is 0.971. The van der Waals surface area contributed by atoms with Crippen molar-refractivity contribution in [1.29, 1.82) is 0 Å². The Hall–Kier alpha value is -1.42. The molecule has 1 aromatic heterocycles. The Kier molecular flexibility index (Phi) is 4.24. The van der Waals surface area contributed by atoms with Crippen LogP contribution in [0.4, 0.5) is 0 Å². The van der Waals surface area contributed by atoms with Crippen molar-refractivity contribution in [2.24, 2.45) is 0 Å². The second-order valence-corrected chi connectivity index (χ2v) is 6.20. The summed E-state index contributed by atoms with van der Waals surface area (Å²) in [5.41, 5.74) is 3.26. The van der Waals surface area contributed by atoms with Crippen molar-refractivity contribution < 1.29 is 0 Å². The lowest BCUT2D eigenvalue weighted by molar-refractivity contribution is 0.695. The third kappa shape index (κ3) is 2.95. The summed E-state index contributed by atoms with van der Waals surface area (Å²) in [6.45, 7) is 0. The SMILES string of the molecule is CNC(c1cc(Cl)cc(Br)c1)c1cccc2cccnc12. The van der Waals surface area contributed by atoms with Crippen LogP contribution < -0.4 is 5.32 Å². The first kappa shape index (κ1) is 14.5. The zero-order chi connectivity index (χ0) is 14.8.